The topological polar surface area (TPSA) is 44.9 Å². The molecule has 2 fully saturated rings. The van der Waals surface area contributed by atoms with Crippen LogP contribution in [-0.4, -0.2) is 48.5 Å². The van der Waals surface area contributed by atoms with Crippen LogP contribution in [0.15, 0.2) is 35.3 Å². The van der Waals surface area contributed by atoms with Gasteiger partial charge in [0.25, 0.3) is 0 Å². The number of likely N-dealkylation sites (tertiary alicyclic amines) is 1. The van der Waals surface area contributed by atoms with Crippen LogP contribution < -0.4 is 5.73 Å². The number of nitrogens with zero attached hydrogens (tertiary/aromatic N) is 3. The van der Waals surface area contributed by atoms with Crippen LogP contribution in [-0.2, 0) is 0 Å². The molecule has 4 heteroatoms. The van der Waals surface area contributed by atoms with Crippen molar-refractivity contribution in [3.8, 4) is 0 Å². The van der Waals surface area contributed by atoms with Crippen molar-refractivity contribution < 1.29 is 0 Å². The molecule has 1 atom stereocenters. The van der Waals surface area contributed by atoms with Crippen molar-refractivity contribution in [1.29, 1.82) is 0 Å². The highest BCUT2D eigenvalue weighted by molar-refractivity contribution is 5.78. The number of rotatable bonds is 5. The lowest BCUT2D eigenvalue weighted by Gasteiger charge is -2.27. The van der Waals surface area contributed by atoms with Gasteiger partial charge in [-0.15, -0.1) is 0 Å². The summed E-state index contributed by atoms with van der Waals surface area (Å²) in [6.45, 7) is 3.10. The third-order valence-electron chi connectivity index (χ3n) is 4.65. The van der Waals surface area contributed by atoms with Crippen LogP contribution in [0.1, 0.15) is 37.3 Å². The zero-order chi connectivity index (χ0) is 14.7. The number of aliphatic imine (C=N–C) groups is 1. The van der Waals surface area contributed by atoms with E-state index in [0.29, 0.717) is 18.0 Å². The van der Waals surface area contributed by atoms with Crippen molar-refractivity contribution in [2.75, 3.05) is 26.7 Å². The van der Waals surface area contributed by atoms with E-state index in [1.54, 1.807) is 0 Å². The first-order chi connectivity index (χ1) is 10.3. The molecule has 1 aromatic carbocycles. The number of benzene rings is 1. The second-order valence-corrected chi connectivity index (χ2v) is 6.21. The van der Waals surface area contributed by atoms with Gasteiger partial charge in [-0.1, -0.05) is 30.3 Å². The van der Waals surface area contributed by atoms with Gasteiger partial charge >= 0.3 is 0 Å². The van der Waals surface area contributed by atoms with Gasteiger partial charge in [-0.3, -0.25) is 9.89 Å². The first-order valence-corrected chi connectivity index (χ1v) is 8.07. The van der Waals surface area contributed by atoms with Gasteiger partial charge in [0.1, 0.15) is 0 Å². The van der Waals surface area contributed by atoms with Crippen molar-refractivity contribution >= 4 is 5.96 Å². The lowest BCUT2D eigenvalue weighted by Crippen LogP contribution is -2.37. The molecule has 1 saturated carbocycles. The predicted octanol–water partition coefficient (Wildman–Crippen LogP) is 2.23. The van der Waals surface area contributed by atoms with Gasteiger partial charge in [0.05, 0.1) is 12.6 Å². The molecule has 3 rings (SSSR count). The molecule has 0 bridgehead atoms. The Labute approximate surface area is 127 Å². The maximum Gasteiger partial charge on any atom is 0.191 e. The molecule has 1 aliphatic heterocycles. The maximum atomic E-state index is 6.14. The van der Waals surface area contributed by atoms with Gasteiger partial charge in [-0.05, 0) is 44.3 Å². The molecule has 0 radical (unpaired) electrons. The molecule has 1 saturated heterocycles. The van der Waals surface area contributed by atoms with Crippen molar-refractivity contribution in [2.45, 2.75) is 37.8 Å². The van der Waals surface area contributed by atoms with Gasteiger partial charge < -0.3 is 10.6 Å². The zero-order valence-corrected chi connectivity index (χ0v) is 12.9. The normalized spacial score (nSPS) is 21.5. The van der Waals surface area contributed by atoms with E-state index in [-0.39, 0.29) is 0 Å². The molecule has 1 heterocycles. The number of nitrogens with two attached hydrogens (primary N) is 1. The van der Waals surface area contributed by atoms with Crippen molar-refractivity contribution in [2.24, 2.45) is 10.7 Å². The van der Waals surface area contributed by atoms with Crippen LogP contribution >= 0.6 is 0 Å². The number of hydrogen-bond donors (Lipinski definition) is 1. The Hall–Kier alpha value is -1.55. The average Bonchev–Trinajstić information content (AvgIpc) is 3.24. The first kappa shape index (κ1) is 14.4. The van der Waals surface area contributed by atoms with E-state index in [1.807, 2.05) is 0 Å². The van der Waals surface area contributed by atoms with Crippen LogP contribution in [0, 0.1) is 0 Å². The molecular formula is C17H26N4. The summed E-state index contributed by atoms with van der Waals surface area (Å²) in [7, 11) is 2.06. The highest BCUT2D eigenvalue weighted by Crippen LogP contribution is 2.27. The number of hydrogen-bond acceptors (Lipinski definition) is 2. The number of guanidine groups is 1. The lowest BCUT2D eigenvalue weighted by molar-refractivity contribution is 0.251. The Morgan fingerprint density at radius 1 is 1.29 bits per heavy atom. The van der Waals surface area contributed by atoms with Gasteiger partial charge in [-0.25, -0.2) is 0 Å². The van der Waals surface area contributed by atoms with E-state index >= 15 is 0 Å². The monoisotopic (exact) mass is 286 g/mol. The van der Waals surface area contributed by atoms with E-state index in [2.05, 4.69) is 52.2 Å². The standard InChI is InChI=1S/C17H26N4/c1-20(15-9-10-15)17(18)19-13-16(21-11-5-6-12-21)14-7-3-2-4-8-14/h2-4,7-8,15-16H,5-6,9-13H2,1H3,(H2,18,19). The van der Waals surface area contributed by atoms with E-state index in [1.165, 1.54) is 44.3 Å². The van der Waals surface area contributed by atoms with Crippen LogP contribution in [0.5, 0.6) is 0 Å². The maximum absolute atomic E-state index is 6.14. The summed E-state index contributed by atoms with van der Waals surface area (Å²) < 4.78 is 0. The second-order valence-electron chi connectivity index (χ2n) is 6.21. The van der Waals surface area contributed by atoms with Gasteiger partial charge in [-0.2, -0.15) is 0 Å². The van der Waals surface area contributed by atoms with E-state index in [9.17, 15) is 0 Å². The minimum Gasteiger partial charge on any atom is -0.370 e. The summed E-state index contributed by atoms with van der Waals surface area (Å²) in [5, 5.41) is 0. The summed E-state index contributed by atoms with van der Waals surface area (Å²) >= 11 is 0. The van der Waals surface area contributed by atoms with Crippen LogP contribution in [0.25, 0.3) is 0 Å². The van der Waals surface area contributed by atoms with Crippen LogP contribution in [0.2, 0.25) is 0 Å². The molecule has 0 spiro atoms. The van der Waals surface area contributed by atoms with E-state index in [0.717, 1.165) is 6.54 Å². The van der Waals surface area contributed by atoms with E-state index < -0.39 is 0 Å². The predicted molar refractivity (Wildman–Crippen MR) is 87.3 cm³/mol. The van der Waals surface area contributed by atoms with Gasteiger partial charge in [0, 0.05) is 13.1 Å². The Bertz CT molecular complexity index is 475. The van der Waals surface area contributed by atoms with Crippen molar-refractivity contribution in [1.82, 2.24) is 9.80 Å². The highest BCUT2D eigenvalue weighted by Gasteiger charge is 2.28. The molecule has 1 aliphatic carbocycles. The molecule has 0 aromatic heterocycles. The highest BCUT2D eigenvalue weighted by atomic mass is 15.3. The molecule has 21 heavy (non-hydrogen) atoms. The third-order valence-corrected chi connectivity index (χ3v) is 4.65. The first-order valence-electron chi connectivity index (χ1n) is 8.07. The minimum absolute atomic E-state index is 0.361. The van der Waals surface area contributed by atoms with Gasteiger partial charge in [0.2, 0.25) is 0 Å². The fraction of sp³-hybridized carbons (Fsp3) is 0.588. The summed E-state index contributed by atoms with van der Waals surface area (Å²) in [6, 6.07) is 11.7. The fourth-order valence-electron chi connectivity index (χ4n) is 3.10. The minimum atomic E-state index is 0.361. The largest absolute Gasteiger partial charge is 0.370 e. The molecule has 1 aromatic rings. The molecular weight excluding hydrogens is 260 g/mol. The summed E-state index contributed by atoms with van der Waals surface area (Å²) in [5.74, 6) is 0.692. The Morgan fingerprint density at radius 3 is 2.57 bits per heavy atom. The zero-order valence-electron chi connectivity index (χ0n) is 12.9. The third kappa shape index (κ3) is 3.56. The van der Waals surface area contributed by atoms with Gasteiger partial charge in [0.15, 0.2) is 5.96 Å². The average molecular weight is 286 g/mol. The summed E-state index contributed by atoms with van der Waals surface area (Å²) in [5.41, 5.74) is 7.49. The van der Waals surface area contributed by atoms with Crippen LogP contribution in [0.4, 0.5) is 0 Å². The second kappa shape index (κ2) is 6.48. The molecule has 114 valence electrons. The molecule has 2 aliphatic rings. The summed E-state index contributed by atoms with van der Waals surface area (Å²) in [4.78, 5) is 9.36. The quantitative estimate of drug-likeness (QED) is 0.667. The van der Waals surface area contributed by atoms with Crippen molar-refractivity contribution in [3.05, 3.63) is 35.9 Å². The molecule has 2 N–H and O–H groups in total. The molecule has 4 nitrogen and oxygen atoms in total. The van der Waals surface area contributed by atoms with Crippen molar-refractivity contribution in [3.63, 3.8) is 0 Å². The summed E-state index contributed by atoms with van der Waals surface area (Å²) in [6.07, 6.45) is 5.09. The fourth-order valence-corrected chi connectivity index (χ4v) is 3.10. The molecule has 1 unspecified atom stereocenters. The molecule has 0 amide bonds. The Kier molecular flexibility index (Phi) is 4.44. The lowest BCUT2D eigenvalue weighted by atomic mass is 10.1. The smallest absolute Gasteiger partial charge is 0.191 e. The Balaban J connectivity index is 1.71. The van der Waals surface area contributed by atoms with Crippen LogP contribution in [0.3, 0.4) is 0 Å². The van der Waals surface area contributed by atoms with E-state index in [4.69, 9.17) is 5.73 Å². The Morgan fingerprint density at radius 2 is 1.95 bits per heavy atom. The SMILES string of the molecule is CN(C(N)=NCC(c1ccccc1)N1CCCC1)C1CC1.